The highest BCUT2D eigenvalue weighted by Crippen LogP contribution is 2.30. The summed E-state index contributed by atoms with van der Waals surface area (Å²) in [5.41, 5.74) is 0. The summed E-state index contributed by atoms with van der Waals surface area (Å²) in [5.74, 6) is 1.42. The minimum Gasteiger partial charge on any atom is -0.377 e. The summed E-state index contributed by atoms with van der Waals surface area (Å²) >= 11 is 7.90. The molecule has 1 fully saturated rings. The van der Waals surface area contributed by atoms with Gasteiger partial charge in [0.05, 0.1) is 0 Å². The first-order chi connectivity index (χ1) is 8.72. The van der Waals surface area contributed by atoms with E-state index >= 15 is 0 Å². The summed E-state index contributed by atoms with van der Waals surface area (Å²) in [6, 6.07) is 2.25. The minimum atomic E-state index is 0.381. The van der Waals surface area contributed by atoms with Crippen molar-refractivity contribution in [1.29, 1.82) is 0 Å². The fraction of sp³-hybridized carbons (Fsp3) is 0.667. The van der Waals surface area contributed by atoms with E-state index in [1.807, 2.05) is 11.8 Å². The standard InChI is InChI=1S/C12H18ClN3OS/c1-17-7-12-15-10(13)6-11(16-12)14-8-4-3-5-9(8)18-2/h6,8-9H,3-5,7H2,1-2H3,(H,14,15,16). The Morgan fingerprint density at radius 2 is 2.33 bits per heavy atom. The molecule has 1 N–H and O–H groups in total. The molecule has 2 unspecified atom stereocenters. The van der Waals surface area contributed by atoms with Crippen molar-refractivity contribution < 1.29 is 4.74 Å². The number of hydrogen-bond acceptors (Lipinski definition) is 5. The maximum absolute atomic E-state index is 5.99. The SMILES string of the molecule is COCc1nc(Cl)cc(NC2CCCC2SC)n1. The topological polar surface area (TPSA) is 47.0 Å². The van der Waals surface area contributed by atoms with Crippen LogP contribution in [0.3, 0.4) is 0 Å². The van der Waals surface area contributed by atoms with Gasteiger partial charge in [-0.2, -0.15) is 11.8 Å². The second kappa shape index (κ2) is 6.59. The predicted octanol–water partition coefficient (Wildman–Crippen LogP) is 2.97. The van der Waals surface area contributed by atoms with E-state index < -0.39 is 0 Å². The van der Waals surface area contributed by atoms with E-state index in [1.54, 1.807) is 13.2 Å². The van der Waals surface area contributed by atoms with Crippen molar-refractivity contribution in [1.82, 2.24) is 9.97 Å². The van der Waals surface area contributed by atoms with Crippen LogP contribution in [0.2, 0.25) is 5.15 Å². The van der Waals surface area contributed by atoms with Crippen LogP contribution in [0.1, 0.15) is 25.1 Å². The average Bonchev–Trinajstić information content (AvgIpc) is 2.76. The highest BCUT2D eigenvalue weighted by molar-refractivity contribution is 7.99. The molecule has 1 aliphatic rings. The Bertz CT molecular complexity index is 405. The molecule has 1 aromatic heterocycles. The first kappa shape index (κ1) is 13.9. The van der Waals surface area contributed by atoms with Crippen molar-refractivity contribution in [2.75, 3.05) is 18.7 Å². The highest BCUT2D eigenvalue weighted by atomic mass is 35.5. The fourth-order valence-electron chi connectivity index (χ4n) is 2.30. The third-order valence-electron chi connectivity index (χ3n) is 3.10. The van der Waals surface area contributed by atoms with Crippen molar-refractivity contribution in [3.05, 3.63) is 17.0 Å². The summed E-state index contributed by atoms with van der Waals surface area (Å²) < 4.78 is 5.03. The second-order valence-electron chi connectivity index (χ2n) is 4.38. The lowest BCUT2D eigenvalue weighted by Gasteiger charge is -2.20. The summed E-state index contributed by atoms with van der Waals surface area (Å²) in [7, 11) is 1.62. The first-order valence-electron chi connectivity index (χ1n) is 6.04. The van der Waals surface area contributed by atoms with Crippen molar-refractivity contribution >= 4 is 29.2 Å². The second-order valence-corrected chi connectivity index (χ2v) is 5.85. The Labute approximate surface area is 117 Å². The van der Waals surface area contributed by atoms with Gasteiger partial charge in [-0.3, -0.25) is 0 Å². The van der Waals surface area contributed by atoms with E-state index in [0.29, 0.717) is 28.9 Å². The van der Waals surface area contributed by atoms with E-state index in [-0.39, 0.29) is 0 Å². The fourth-order valence-corrected chi connectivity index (χ4v) is 3.43. The predicted molar refractivity (Wildman–Crippen MR) is 76.3 cm³/mol. The molecule has 0 aromatic carbocycles. The molecule has 0 bridgehead atoms. The van der Waals surface area contributed by atoms with Crippen LogP contribution in [0, 0.1) is 0 Å². The van der Waals surface area contributed by atoms with Gasteiger partial charge in [0.2, 0.25) is 0 Å². The molecular weight excluding hydrogens is 270 g/mol. The third-order valence-corrected chi connectivity index (χ3v) is 4.47. The monoisotopic (exact) mass is 287 g/mol. The normalized spacial score (nSPS) is 23.3. The number of methoxy groups -OCH3 is 1. The van der Waals surface area contributed by atoms with Crippen LogP contribution in [-0.4, -0.2) is 34.6 Å². The number of thioether (sulfide) groups is 1. The van der Waals surface area contributed by atoms with Crippen LogP contribution in [0.5, 0.6) is 0 Å². The number of rotatable bonds is 5. The molecule has 1 heterocycles. The molecular formula is C12H18ClN3OS. The molecule has 1 aromatic rings. The van der Waals surface area contributed by atoms with Crippen LogP contribution in [0.25, 0.3) is 0 Å². The Morgan fingerprint density at radius 1 is 1.50 bits per heavy atom. The quantitative estimate of drug-likeness (QED) is 0.844. The molecule has 4 nitrogen and oxygen atoms in total. The van der Waals surface area contributed by atoms with E-state index in [1.165, 1.54) is 19.3 Å². The molecule has 100 valence electrons. The van der Waals surface area contributed by atoms with Gasteiger partial charge in [0, 0.05) is 24.5 Å². The third kappa shape index (κ3) is 3.49. The lowest BCUT2D eigenvalue weighted by Crippen LogP contribution is -2.26. The Kier molecular flexibility index (Phi) is 5.09. The van der Waals surface area contributed by atoms with Crippen LogP contribution < -0.4 is 5.32 Å². The lowest BCUT2D eigenvalue weighted by molar-refractivity contribution is 0.178. The molecule has 0 spiro atoms. The number of ether oxygens (including phenoxy) is 1. The van der Waals surface area contributed by atoms with Crippen molar-refractivity contribution in [3.63, 3.8) is 0 Å². The molecule has 0 amide bonds. The molecule has 1 aliphatic carbocycles. The molecule has 1 saturated carbocycles. The maximum atomic E-state index is 5.99. The molecule has 18 heavy (non-hydrogen) atoms. The zero-order valence-corrected chi connectivity index (χ0v) is 12.2. The maximum Gasteiger partial charge on any atom is 0.158 e. The van der Waals surface area contributed by atoms with Gasteiger partial charge in [-0.1, -0.05) is 18.0 Å². The number of hydrogen-bond donors (Lipinski definition) is 1. The van der Waals surface area contributed by atoms with E-state index in [2.05, 4.69) is 21.5 Å². The number of aromatic nitrogens is 2. The highest BCUT2D eigenvalue weighted by Gasteiger charge is 2.26. The molecule has 2 rings (SSSR count). The summed E-state index contributed by atoms with van der Waals surface area (Å²) in [4.78, 5) is 8.54. The summed E-state index contributed by atoms with van der Waals surface area (Å²) in [6.07, 6.45) is 5.89. The van der Waals surface area contributed by atoms with Gasteiger partial charge in [-0.15, -0.1) is 0 Å². The number of nitrogens with one attached hydrogen (secondary N) is 1. The molecule has 6 heteroatoms. The van der Waals surface area contributed by atoms with Gasteiger partial charge in [0.15, 0.2) is 5.82 Å². The van der Waals surface area contributed by atoms with Gasteiger partial charge in [0.25, 0.3) is 0 Å². The summed E-state index contributed by atoms with van der Waals surface area (Å²) in [5, 5.41) is 4.58. The van der Waals surface area contributed by atoms with Gasteiger partial charge in [0.1, 0.15) is 17.6 Å². The van der Waals surface area contributed by atoms with Crippen LogP contribution in [0.4, 0.5) is 5.82 Å². The van der Waals surface area contributed by atoms with E-state index in [9.17, 15) is 0 Å². The zero-order valence-electron chi connectivity index (χ0n) is 10.6. The minimum absolute atomic E-state index is 0.381. The lowest BCUT2D eigenvalue weighted by atomic mass is 10.2. The van der Waals surface area contributed by atoms with E-state index in [4.69, 9.17) is 16.3 Å². The number of nitrogens with zero attached hydrogens (tertiary/aromatic N) is 2. The molecule has 0 aliphatic heterocycles. The Hall–Kier alpha value is -0.520. The summed E-state index contributed by atoms with van der Waals surface area (Å²) in [6.45, 7) is 0.381. The van der Waals surface area contributed by atoms with Gasteiger partial charge < -0.3 is 10.1 Å². The number of anilines is 1. The number of halogens is 1. The smallest absolute Gasteiger partial charge is 0.158 e. The van der Waals surface area contributed by atoms with Crippen LogP contribution in [0.15, 0.2) is 6.07 Å². The van der Waals surface area contributed by atoms with Crippen molar-refractivity contribution in [3.8, 4) is 0 Å². The van der Waals surface area contributed by atoms with Crippen LogP contribution in [-0.2, 0) is 11.3 Å². The van der Waals surface area contributed by atoms with Crippen molar-refractivity contribution in [2.45, 2.75) is 37.2 Å². The average molecular weight is 288 g/mol. The zero-order chi connectivity index (χ0) is 13.0. The van der Waals surface area contributed by atoms with Gasteiger partial charge in [-0.25, -0.2) is 9.97 Å². The van der Waals surface area contributed by atoms with Gasteiger partial charge in [-0.05, 0) is 19.1 Å². The van der Waals surface area contributed by atoms with E-state index in [0.717, 1.165) is 5.82 Å². The van der Waals surface area contributed by atoms with Crippen molar-refractivity contribution in [2.24, 2.45) is 0 Å². The Balaban J connectivity index is 2.08. The van der Waals surface area contributed by atoms with Crippen LogP contribution >= 0.6 is 23.4 Å². The molecule has 2 atom stereocenters. The molecule has 0 saturated heterocycles. The Morgan fingerprint density at radius 3 is 3.06 bits per heavy atom. The van der Waals surface area contributed by atoms with Gasteiger partial charge >= 0.3 is 0 Å². The molecule has 0 radical (unpaired) electrons. The largest absolute Gasteiger partial charge is 0.377 e. The first-order valence-corrected chi connectivity index (χ1v) is 7.71.